The zero-order valence-electron chi connectivity index (χ0n) is 13.1. The quantitative estimate of drug-likeness (QED) is 0.684. The molecule has 2 aromatic rings. The van der Waals surface area contributed by atoms with E-state index >= 15 is 0 Å². The second-order valence-electron chi connectivity index (χ2n) is 5.13. The second kappa shape index (κ2) is 7.66. The maximum Gasteiger partial charge on any atom is 0.329 e. The molecule has 0 spiro atoms. The van der Waals surface area contributed by atoms with Crippen LogP contribution in [0.3, 0.4) is 0 Å². The first-order valence-electron chi connectivity index (χ1n) is 7.20. The minimum absolute atomic E-state index is 0. The third-order valence-corrected chi connectivity index (χ3v) is 3.59. The number of halogens is 1. The highest BCUT2D eigenvalue weighted by atomic mass is 35.5. The van der Waals surface area contributed by atoms with Crippen LogP contribution in [0, 0.1) is 0 Å². The highest BCUT2D eigenvalue weighted by molar-refractivity contribution is 6.13. The Labute approximate surface area is 146 Å². The molecule has 24 heavy (non-hydrogen) atoms. The molecule has 3 amide bonds. The molecule has 0 atom stereocenters. The predicted octanol–water partition coefficient (Wildman–Crippen LogP) is 3.21. The number of carbonyl (C=O) groups is 2. The Balaban J connectivity index is 0.00000208. The molecule has 1 N–H and O–H groups in total. The third kappa shape index (κ3) is 3.75. The lowest BCUT2D eigenvalue weighted by molar-refractivity contribution is -0.116. The molecule has 6 heteroatoms. The zero-order chi connectivity index (χ0) is 16.2. The number of urea groups is 1. The van der Waals surface area contributed by atoms with Crippen LogP contribution < -0.4 is 10.1 Å². The van der Waals surface area contributed by atoms with Gasteiger partial charge >= 0.3 is 6.03 Å². The number of hydrogen-bond acceptors (Lipinski definition) is 3. The van der Waals surface area contributed by atoms with Gasteiger partial charge in [-0.05, 0) is 29.3 Å². The van der Waals surface area contributed by atoms with E-state index in [1.807, 2.05) is 54.6 Å². The number of hydrogen-bond donors (Lipinski definition) is 1. The van der Waals surface area contributed by atoms with Crippen molar-refractivity contribution in [1.29, 1.82) is 0 Å². The molecule has 1 aliphatic rings. The summed E-state index contributed by atoms with van der Waals surface area (Å²) in [6.45, 7) is 0.348. The molecule has 1 aliphatic heterocycles. The van der Waals surface area contributed by atoms with Crippen molar-refractivity contribution in [2.24, 2.45) is 0 Å². The van der Waals surface area contributed by atoms with Crippen molar-refractivity contribution in [3.63, 3.8) is 0 Å². The third-order valence-electron chi connectivity index (χ3n) is 3.59. The highest BCUT2D eigenvalue weighted by Gasteiger charge is 2.32. The van der Waals surface area contributed by atoms with Gasteiger partial charge in [-0.15, -0.1) is 12.4 Å². The SMILES string of the molecule is COc1ccc(/C=C2\C(=O)NC(=O)N2Cc2ccccc2)cc1.Cl. The van der Waals surface area contributed by atoms with Crippen molar-refractivity contribution in [3.05, 3.63) is 71.4 Å². The largest absolute Gasteiger partial charge is 0.497 e. The molecule has 2 aromatic carbocycles. The van der Waals surface area contributed by atoms with Crippen molar-refractivity contribution < 1.29 is 14.3 Å². The number of nitrogens with one attached hydrogen (secondary N) is 1. The minimum atomic E-state index is -0.404. The molecule has 5 nitrogen and oxygen atoms in total. The van der Waals surface area contributed by atoms with E-state index in [4.69, 9.17) is 4.74 Å². The van der Waals surface area contributed by atoms with Gasteiger partial charge in [-0.3, -0.25) is 15.0 Å². The summed E-state index contributed by atoms with van der Waals surface area (Å²) in [6.07, 6.45) is 1.70. The van der Waals surface area contributed by atoms with Gasteiger partial charge in [0.2, 0.25) is 0 Å². The Morgan fingerprint density at radius 2 is 1.71 bits per heavy atom. The first kappa shape index (κ1) is 17.6. The number of imide groups is 1. The van der Waals surface area contributed by atoms with Crippen LogP contribution in [0.5, 0.6) is 5.75 Å². The molecule has 0 aromatic heterocycles. The van der Waals surface area contributed by atoms with Gasteiger partial charge in [0.25, 0.3) is 5.91 Å². The molecule has 0 saturated carbocycles. The first-order valence-corrected chi connectivity index (χ1v) is 7.20. The average molecular weight is 345 g/mol. The molecule has 124 valence electrons. The van der Waals surface area contributed by atoms with Gasteiger partial charge < -0.3 is 4.74 Å². The molecular weight excluding hydrogens is 328 g/mol. The molecule has 1 saturated heterocycles. The molecule has 0 bridgehead atoms. The van der Waals surface area contributed by atoms with E-state index < -0.39 is 6.03 Å². The Hall–Kier alpha value is -2.79. The van der Waals surface area contributed by atoms with Crippen LogP contribution in [0.25, 0.3) is 6.08 Å². The van der Waals surface area contributed by atoms with E-state index in [1.54, 1.807) is 13.2 Å². The van der Waals surface area contributed by atoms with E-state index in [1.165, 1.54) is 4.90 Å². The first-order chi connectivity index (χ1) is 11.2. The van der Waals surface area contributed by atoms with Crippen LogP contribution in [0.15, 0.2) is 60.3 Å². The van der Waals surface area contributed by atoms with Crippen molar-refractivity contribution >= 4 is 30.4 Å². The Morgan fingerprint density at radius 3 is 2.33 bits per heavy atom. The lowest BCUT2D eigenvalue weighted by atomic mass is 10.1. The van der Waals surface area contributed by atoms with Crippen LogP contribution in [0.4, 0.5) is 4.79 Å². The van der Waals surface area contributed by atoms with Crippen LogP contribution in [0.2, 0.25) is 0 Å². The van der Waals surface area contributed by atoms with Crippen LogP contribution >= 0.6 is 12.4 Å². The van der Waals surface area contributed by atoms with E-state index in [9.17, 15) is 9.59 Å². The van der Waals surface area contributed by atoms with Gasteiger partial charge in [0.05, 0.1) is 13.7 Å². The molecule has 0 unspecified atom stereocenters. The van der Waals surface area contributed by atoms with Crippen molar-refractivity contribution in [2.45, 2.75) is 6.54 Å². The monoisotopic (exact) mass is 344 g/mol. The number of amides is 3. The maximum atomic E-state index is 12.0. The summed E-state index contributed by atoms with van der Waals surface area (Å²) in [5.41, 5.74) is 2.12. The van der Waals surface area contributed by atoms with Crippen LogP contribution in [-0.2, 0) is 11.3 Å². The van der Waals surface area contributed by atoms with Gasteiger partial charge in [0, 0.05) is 0 Å². The molecule has 1 fully saturated rings. The van der Waals surface area contributed by atoms with Gasteiger partial charge in [-0.25, -0.2) is 4.79 Å². The van der Waals surface area contributed by atoms with Gasteiger partial charge in [0.15, 0.2) is 0 Å². The van der Waals surface area contributed by atoms with Crippen LogP contribution in [0.1, 0.15) is 11.1 Å². The van der Waals surface area contributed by atoms with Gasteiger partial charge in [-0.1, -0.05) is 42.5 Å². The molecular formula is C18H17ClN2O3. The number of benzene rings is 2. The smallest absolute Gasteiger partial charge is 0.329 e. The van der Waals surface area contributed by atoms with Crippen molar-refractivity contribution in [2.75, 3.05) is 7.11 Å². The summed E-state index contributed by atoms with van der Waals surface area (Å²) in [5, 5.41) is 2.34. The fourth-order valence-electron chi connectivity index (χ4n) is 2.39. The number of nitrogens with zero attached hydrogens (tertiary/aromatic N) is 1. The summed E-state index contributed by atoms with van der Waals surface area (Å²) < 4.78 is 5.11. The maximum absolute atomic E-state index is 12.0. The van der Waals surface area contributed by atoms with Gasteiger partial charge in [-0.2, -0.15) is 0 Å². The average Bonchev–Trinajstić information content (AvgIpc) is 2.83. The lowest BCUT2D eigenvalue weighted by Crippen LogP contribution is -2.27. The predicted molar refractivity (Wildman–Crippen MR) is 93.7 cm³/mol. The standard InChI is InChI=1S/C18H16N2O3.ClH/c1-23-15-9-7-13(8-10-15)11-16-17(21)19-18(22)20(16)12-14-5-3-2-4-6-14;/h2-11H,12H2,1H3,(H,19,21,22);1H/b16-11+;. The Kier molecular flexibility index (Phi) is 5.60. The summed E-state index contributed by atoms with van der Waals surface area (Å²) in [7, 11) is 1.60. The van der Waals surface area contributed by atoms with Crippen LogP contribution in [-0.4, -0.2) is 23.9 Å². The summed E-state index contributed by atoms with van der Waals surface area (Å²) >= 11 is 0. The van der Waals surface area contributed by atoms with E-state index in [2.05, 4.69) is 5.32 Å². The number of carbonyl (C=O) groups excluding carboxylic acids is 2. The lowest BCUT2D eigenvalue weighted by Gasteiger charge is -2.15. The minimum Gasteiger partial charge on any atom is -0.497 e. The molecule has 3 rings (SSSR count). The van der Waals surface area contributed by atoms with E-state index in [-0.39, 0.29) is 18.3 Å². The molecule has 0 radical (unpaired) electrons. The fraction of sp³-hybridized carbons (Fsp3) is 0.111. The summed E-state index contributed by atoms with van der Waals surface area (Å²) in [4.78, 5) is 25.5. The van der Waals surface area contributed by atoms with Gasteiger partial charge in [0.1, 0.15) is 11.4 Å². The Morgan fingerprint density at radius 1 is 1.04 bits per heavy atom. The number of rotatable bonds is 4. The highest BCUT2D eigenvalue weighted by Crippen LogP contribution is 2.21. The van der Waals surface area contributed by atoms with E-state index in [0.717, 1.165) is 16.9 Å². The topological polar surface area (TPSA) is 58.6 Å². The normalized spacial score (nSPS) is 15.2. The fourth-order valence-corrected chi connectivity index (χ4v) is 2.39. The van der Waals surface area contributed by atoms with Crippen molar-refractivity contribution in [3.8, 4) is 5.75 Å². The second-order valence-corrected chi connectivity index (χ2v) is 5.13. The summed E-state index contributed by atoms with van der Waals surface area (Å²) in [5.74, 6) is 0.349. The number of ether oxygens (including phenoxy) is 1. The van der Waals surface area contributed by atoms with Crippen molar-refractivity contribution in [1.82, 2.24) is 10.2 Å². The molecule has 0 aliphatic carbocycles. The number of methoxy groups -OCH3 is 1. The Bertz CT molecular complexity index is 758. The van der Waals surface area contributed by atoms with E-state index in [0.29, 0.717) is 12.2 Å². The zero-order valence-corrected chi connectivity index (χ0v) is 13.9. The molecule has 1 heterocycles. The summed E-state index contributed by atoms with van der Waals surface area (Å²) in [6, 6.07) is 16.4.